The summed E-state index contributed by atoms with van der Waals surface area (Å²) in [6.45, 7) is 7.66. The molecule has 1 unspecified atom stereocenters. The lowest BCUT2D eigenvalue weighted by molar-refractivity contribution is 0.0892. The van der Waals surface area contributed by atoms with Crippen molar-refractivity contribution in [3.8, 4) is 0 Å². The van der Waals surface area contributed by atoms with Crippen LogP contribution in [0.25, 0.3) is 0 Å². The van der Waals surface area contributed by atoms with E-state index in [1.807, 2.05) is 19.9 Å². The number of amides is 1. The lowest BCUT2D eigenvalue weighted by Crippen LogP contribution is -2.45. The van der Waals surface area contributed by atoms with Crippen LogP contribution in [0.2, 0.25) is 0 Å². The largest absolute Gasteiger partial charge is 0.466 e. The summed E-state index contributed by atoms with van der Waals surface area (Å²) in [5, 5.41) is 3.13. The highest BCUT2D eigenvalue weighted by Crippen LogP contribution is 2.22. The first-order valence-electron chi connectivity index (χ1n) is 8.43. The van der Waals surface area contributed by atoms with Crippen molar-refractivity contribution >= 4 is 5.91 Å². The third-order valence-corrected chi connectivity index (χ3v) is 4.66. The fourth-order valence-corrected chi connectivity index (χ4v) is 3.24. The maximum atomic E-state index is 12.4. The molecule has 3 heterocycles. The SMILES string of the molecule is Cc1cc(C(=O)NC2CCN(C(C)c3ncccn3)CC2)c(C)o1. The molecule has 1 amide bonds. The van der Waals surface area contributed by atoms with Gasteiger partial charge < -0.3 is 9.73 Å². The lowest BCUT2D eigenvalue weighted by atomic mass is 10.0. The summed E-state index contributed by atoms with van der Waals surface area (Å²) in [5.41, 5.74) is 0.640. The molecule has 24 heavy (non-hydrogen) atoms. The molecule has 2 aromatic rings. The number of aromatic nitrogens is 2. The number of carbonyl (C=O) groups is 1. The Morgan fingerprint density at radius 1 is 1.29 bits per heavy atom. The molecule has 1 fully saturated rings. The molecule has 6 heteroatoms. The van der Waals surface area contributed by atoms with Gasteiger partial charge in [0.15, 0.2) is 0 Å². The quantitative estimate of drug-likeness (QED) is 0.934. The van der Waals surface area contributed by atoms with Crippen LogP contribution in [-0.4, -0.2) is 39.9 Å². The summed E-state index contributed by atoms with van der Waals surface area (Å²) in [7, 11) is 0. The number of aryl methyl sites for hydroxylation is 2. The fraction of sp³-hybridized carbons (Fsp3) is 0.500. The number of furan rings is 1. The zero-order chi connectivity index (χ0) is 17.1. The fourth-order valence-electron chi connectivity index (χ4n) is 3.24. The summed E-state index contributed by atoms with van der Waals surface area (Å²) in [5.74, 6) is 2.26. The lowest BCUT2D eigenvalue weighted by Gasteiger charge is -2.35. The third-order valence-electron chi connectivity index (χ3n) is 4.66. The minimum absolute atomic E-state index is 0.0396. The molecule has 6 nitrogen and oxygen atoms in total. The van der Waals surface area contributed by atoms with Crippen molar-refractivity contribution in [2.75, 3.05) is 13.1 Å². The first-order valence-corrected chi connectivity index (χ1v) is 8.43. The molecule has 0 bridgehead atoms. The number of nitrogens with one attached hydrogen (secondary N) is 1. The predicted octanol–water partition coefficient (Wildman–Crippen LogP) is 2.64. The molecule has 1 aliphatic heterocycles. The highest BCUT2D eigenvalue weighted by atomic mass is 16.3. The van der Waals surface area contributed by atoms with Crippen LogP contribution in [0.3, 0.4) is 0 Å². The van der Waals surface area contributed by atoms with E-state index in [4.69, 9.17) is 4.42 Å². The van der Waals surface area contributed by atoms with Gasteiger partial charge in [-0.15, -0.1) is 0 Å². The summed E-state index contributed by atoms with van der Waals surface area (Å²) < 4.78 is 5.44. The van der Waals surface area contributed by atoms with E-state index in [1.165, 1.54) is 0 Å². The van der Waals surface area contributed by atoms with E-state index in [1.54, 1.807) is 18.5 Å². The van der Waals surface area contributed by atoms with Gasteiger partial charge in [-0.25, -0.2) is 9.97 Å². The average Bonchev–Trinajstić information content (AvgIpc) is 2.94. The second-order valence-electron chi connectivity index (χ2n) is 6.39. The standard InChI is InChI=1S/C18H24N4O2/c1-12-11-16(14(3)24-12)18(23)21-15-5-9-22(10-6-15)13(2)17-19-7-4-8-20-17/h4,7-8,11,13,15H,5-6,9-10H2,1-3H3,(H,21,23). The molecule has 3 rings (SSSR count). The number of piperidine rings is 1. The summed E-state index contributed by atoms with van der Waals surface area (Å²) in [4.78, 5) is 23.4. The molecule has 1 aliphatic rings. The van der Waals surface area contributed by atoms with E-state index < -0.39 is 0 Å². The van der Waals surface area contributed by atoms with Gasteiger partial charge in [0.05, 0.1) is 11.6 Å². The highest BCUT2D eigenvalue weighted by Gasteiger charge is 2.26. The molecule has 128 valence electrons. The van der Waals surface area contributed by atoms with Crippen molar-refractivity contribution in [1.29, 1.82) is 0 Å². The molecule has 0 radical (unpaired) electrons. The second kappa shape index (κ2) is 7.13. The van der Waals surface area contributed by atoms with Crippen molar-refractivity contribution in [2.45, 2.75) is 45.7 Å². The minimum Gasteiger partial charge on any atom is -0.466 e. The van der Waals surface area contributed by atoms with Gasteiger partial charge in [-0.3, -0.25) is 9.69 Å². The number of nitrogens with zero attached hydrogens (tertiary/aromatic N) is 3. The molecule has 0 aromatic carbocycles. The third kappa shape index (κ3) is 3.64. The normalized spacial score (nSPS) is 17.6. The highest BCUT2D eigenvalue weighted by molar-refractivity contribution is 5.95. The Morgan fingerprint density at radius 2 is 1.96 bits per heavy atom. The van der Waals surface area contributed by atoms with Crippen LogP contribution in [0.5, 0.6) is 0 Å². The Kier molecular flexibility index (Phi) is 4.94. The first-order chi connectivity index (χ1) is 11.5. The van der Waals surface area contributed by atoms with E-state index in [0.717, 1.165) is 37.5 Å². The van der Waals surface area contributed by atoms with Crippen LogP contribution in [-0.2, 0) is 0 Å². The number of carbonyl (C=O) groups excluding carboxylic acids is 1. The number of hydrogen-bond acceptors (Lipinski definition) is 5. The smallest absolute Gasteiger partial charge is 0.255 e. The summed E-state index contributed by atoms with van der Waals surface area (Å²) in [6.07, 6.45) is 5.42. The van der Waals surface area contributed by atoms with Gasteiger partial charge in [0.2, 0.25) is 0 Å². The predicted molar refractivity (Wildman–Crippen MR) is 90.7 cm³/mol. The van der Waals surface area contributed by atoms with Crippen LogP contribution in [0, 0.1) is 13.8 Å². The molecular weight excluding hydrogens is 304 g/mol. The van der Waals surface area contributed by atoms with Crippen molar-refractivity contribution in [2.24, 2.45) is 0 Å². The van der Waals surface area contributed by atoms with Crippen LogP contribution in [0.15, 0.2) is 28.9 Å². The molecule has 0 spiro atoms. The molecule has 2 aromatic heterocycles. The van der Waals surface area contributed by atoms with Gasteiger partial charge in [-0.2, -0.15) is 0 Å². The Morgan fingerprint density at radius 3 is 2.54 bits per heavy atom. The van der Waals surface area contributed by atoms with Crippen LogP contribution in [0.1, 0.15) is 53.5 Å². The molecule has 1 N–H and O–H groups in total. The minimum atomic E-state index is -0.0396. The first kappa shape index (κ1) is 16.6. The molecular formula is C18H24N4O2. The monoisotopic (exact) mass is 328 g/mol. The molecule has 1 atom stereocenters. The van der Waals surface area contributed by atoms with Crippen LogP contribution < -0.4 is 5.32 Å². The van der Waals surface area contributed by atoms with Crippen molar-refractivity contribution < 1.29 is 9.21 Å². The van der Waals surface area contributed by atoms with Crippen molar-refractivity contribution in [3.63, 3.8) is 0 Å². The van der Waals surface area contributed by atoms with Gasteiger partial charge >= 0.3 is 0 Å². The van der Waals surface area contributed by atoms with Gasteiger partial charge in [-0.1, -0.05) is 0 Å². The molecule has 0 saturated carbocycles. The zero-order valence-electron chi connectivity index (χ0n) is 14.5. The van der Waals surface area contributed by atoms with Crippen LogP contribution >= 0.6 is 0 Å². The van der Waals surface area contributed by atoms with E-state index in [9.17, 15) is 4.79 Å². The molecule has 1 saturated heterocycles. The Balaban J connectivity index is 1.54. The van der Waals surface area contributed by atoms with E-state index >= 15 is 0 Å². The Bertz CT molecular complexity index is 690. The summed E-state index contributed by atoms with van der Waals surface area (Å²) in [6, 6.07) is 4.03. The topological polar surface area (TPSA) is 71.3 Å². The Labute approximate surface area is 142 Å². The summed E-state index contributed by atoms with van der Waals surface area (Å²) >= 11 is 0. The maximum absolute atomic E-state index is 12.4. The molecule has 0 aliphatic carbocycles. The zero-order valence-corrected chi connectivity index (χ0v) is 14.5. The van der Waals surface area contributed by atoms with Crippen LogP contribution in [0.4, 0.5) is 0 Å². The van der Waals surface area contributed by atoms with Gasteiger partial charge in [0, 0.05) is 31.5 Å². The number of hydrogen-bond donors (Lipinski definition) is 1. The van der Waals surface area contributed by atoms with E-state index in [-0.39, 0.29) is 18.0 Å². The van der Waals surface area contributed by atoms with E-state index in [0.29, 0.717) is 11.3 Å². The van der Waals surface area contributed by atoms with Gasteiger partial charge in [-0.05, 0) is 45.7 Å². The Hall–Kier alpha value is -2.21. The van der Waals surface area contributed by atoms with Gasteiger partial charge in [0.25, 0.3) is 5.91 Å². The van der Waals surface area contributed by atoms with E-state index in [2.05, 4.69) is 27.1 Å². The second-order valence-corrected chi connectivity index (χ2v) is 6.39. The van der Waals surface area contributed by atoms with Gasteiger partial charge in [0.1, 0.15) is 17.3 Å². The maximum Gasteiger partial charge on any atom is 0.255 e. The number of rotatable bonds is 4. The van der Waals surface area contributed by atoms with Crippen molar-refractivity contribution in [3.05, 3.63) is 47.4 Å². The average molecular weight is 328 g/mol. The number of likely N-dealkylation sites (tertiary alicyclic amines) is 1. The van der Waals surface area contributed by atoms with Crippen molar-refractivity contribution in [1.82, 2.24) is 20.2 Å².